The van der Waals surface area contributed by atoms with Crippen molar-refractivity contribution in [2.24, 2.45) is 10.9 Å². The lowest BCUT2D eigenvalue weighted by Crippen LogP contribution is -2.46. The van der Waals surface area contributed by atoms with Crippen LogP contribution in [0.1, 0.15) is 13.8 Å². The summed E-state index contributed by atoms with van der Waals surface area (Å²) in [5, 5.41) is 6.49. The van der Waals surface area contributed by atoms with Gasteiger partial charge in [-0.05, 0) is 19.9 Å². The Morgan fingerprint density at radius 1 is 1.30 bits per heavy atom. The van der Waals surface area contributed by atoms with Crippen molar-refractivity contribution in [1.82, 2.24) is 20.4 Å². The molecule has 0 radical (unpaired) electrons. The molecule has 20 heavy (non-hydrogen) atoms. The van der Waals surface area contributed by atoms with E-state index in [2.05, 4.69) is 52.9 Å². The molecular weight excluding hydrogens is 250 g/mol. The van der Waals surface area contributed by atoms with Gasteiger partial charge in [0.05, 0.1) is 0 Å². The van der Waals surface area contributed by atoms with E-state index in [0.29, 0.717) is 5.92 Å². The molecule has 0 aromatic rings. The van der Waals surface area contributed by atoms with Crippen LogP contribution in [0.25, 0.3) is 0 Å². The molecule has 1 aliphatic rings. The van der Waals surface area contributed by atoms with Crippen LogP contribution in [-0.4, -0.2) is 75.2 Å². The van der Waals surface area contributed by atoms with Crippen molar-refractivity contribution >= 4 is 5.96 Å². The minimum Gasteiger partial charge on any atom is -0.357 e. The van der Waals surface area contributed by atoms with Gasteiger partial charge >= 0.3 is 0 Å². The van der Waals surface area contributed by atoms with Crippen LogP contribution in [0.15, 0.2) is 17.6 Å². The Morgan fingerprint density at radius 3 is 2.60 bits per heavy atom. The van der Waals surface area contributed by atoms with E-state index in [1.807, 2.05) is 6.08 Å². The van der Waals surface area contributed by atoms with Crippen LogP contribution >= 0.6 is 0 Å². The summed E-state index contributed by atoms with van der Waals surface area (Å²) in [6.45, 7) is 16.4. The van der Waals surface area contributed by atoms with Gasteiger partial charge in [-0.25, -0.2) is 0 Å². The number of likely N-dealkylation sites (N-methyl/N-ethyl adjacent to an activating group) is 1. The number of nitrogens with one attached hydrogen (secondary N) is 2. The second-order valence-corrected chi connectivity index (χ2v) is 5.60. The maximum atomic E-state index is 4.64. The van der Waals surface area contributed by atoms with E-state index in [1.54, 1.807) is 0 Å². The van der Waals surface area contributed by atoms with Crippen LogP contribution in [0.5, 0.6) is 0 Å². The molecule has 0 aliphatic carbocycles. The van der Waals surface area contributed by atoms with Crippen molar-refractivity contribution < 1.29 is 0 Å². The molecule has 1 rings (SSSR count). The lowest BCUT2D eigenvalue weighted by molar-refractivity contribution is 0.140. The van der Waals surface area contributed by atoms with Gasteiger partial charge in [0.15, 0.2) is 5.96 Å². The lowest BCUT2D eigenvalue weighted by atomic mass is 10.1. The number of nitrogens with zero attached hydrogens (tertiary/aromatic N) is 3. The van der Waals surface area contributed by atoms with Gasteiger partial charge in [-0.2, -0.15) is 0 Å². The second kappa shape index (κ2) is 9.77. The maximum absolute atomic E-state index is 4.64. The van der Waals surface area contributed by atoms with Crippen molar-refractivity contribution in [2.75, 3.05) is 59.4 Å². The number of piperazine rings is 1. The molecule has 0 spiro atoms. The topological polar surface area (TPSA) is 42.9 Å². The van der Waals surface area contributed by atoms with Crippen molar-refractivity contribution in [3.05, 3.63) is 12.7 Å². The second-order valence-electron chi connectivity index (χ2n) is 5.60. The number of aliphatic imine (C=N–C) groups is 1. The van der Waals surface area contributed by atoms with E-state index in [1.165, 1.54) is 26.2 Å². The Kier molecular flexibility index (Phi) is 8.30. The van der Waals surface area contributed by atoms with E-state index in [4.69, 9.17) is 0 Å². The van der Waals surface area contributed by atoms with Crippen LogP contribution < -0.4 is 10.6 Å². The Bertz CT molecular complexity index is 295. The van der Waals surface area contributed by atoms with Gasteiger partial charge < -0.3 is 20.4 Å². The van der Waals surface area contributed by atoms with Crippen LogP contribution in [-0.2, 0) is 0 Å². The summed E-state index contributed by atoms with van der Waals surface area (Å²) < 4.78 is 0. The van der Waals surface area contributed by atoms with E-state index in [0.717, 1.165) is 32.1 Å². The summed E-state index contributed by atoms with van der Waals surface area (Å²) in [6, 6.07) is 0. The van der Waals surface area contributed by atoms with E-state index >= 15 is 0 Å². The first-order chi connectivity index (χ1) is 9.65. The Morgan fingerprint density at radius 2 is 2.00 bits per heavy atom. The highest BCUT2D eigenvalue weighted by molar-refractivity contribution is 5.79. The Balaban J connectivity index is 2.31. The third-order valence-electron chi connectivity index (χ3n) is 3.48. The molecule has 1 atom stereocenters. The highest BCUT2D eigenvalue weighted by atomic mass is 15.2. The monoisotopic (exact) mass is 281 g/mol. The van der Waals surface area contributed by atoms with Gasteiger partial charge in [0.25, 0.3) is 0 Å². The molecule has 0 aromatic heterocycles. The predicted molar refractivity (Wildman–Crippen MR) is 87.3 cm³/mol. The van der Waals surface area contributed by atoms with Crippen LogP contribution in [0.3, 0.4) is 0 Å². The van der Waals surface area contributed by atoms with E-state index < -0.39 is 0 Å². The molecule has 0 amide bonds. The number of hydrogen-bond donors (Lipinski definition) is 2. The quantitative estimate of drug-likeness (QED) is 0.408. The summed E-state index contributed by atoms with van der Waals surface area (Å²) in [5.74, 6) is 1.47. The summed E-state index contributed by atoms with van der Waals surface area (Å²) in [5.41, 5.74) is 0. The van der Waals surface area contributed by atoms with Crippen LogP contribution in [0.2, 0.25) is 0 Å². The van der Waals surface area contributed by atoms with Gasteiger partial charge in [0, 0.05) is 52.4 Å². The number of hydrogen-bond acceptors (Lipinski definition) is 3. The minimum absolute atomic E-state index is 0.581. The Hall–Kier alpha value is -1.07. The maximum Gasteiger partial charge on any atom is 0.191 e. The molecule has 5 nitrogen and oxygen atoms in total. The van der Waals surface area contributed by atoms with Crippen molar-refractivity contribution in [2.45, 2.75) is 13.8 Å². The molecule has 0 bridgehead atoms. The molecule has 0 saturated carbocycles. The first-order valence-electron chi connectivity index (χ1n) is 7.69. The first-order valence-corrected chi connectivity index (χ1v) is 7.69. The highest BCUT2D eigenvalue weighted by Gasteiger charge is 2.15. The molecule has 0 aromatic carbocycles. The average Bonchev–Trinajstić information content (AvgIpc) is 2.44. The van der Waals surface area contributed by atoms with Crippen LogP contribution in [0, 0.1) is 5.92 Å². The van der Waals surface area contributed by atoms with Gasteiger partial charge in [0.2, 0.25) is 0 Å². The van der Waals surface area contributed by atoms with Gasteiger partial charge in [0.1, 0.15) is 0 Å². The van der Waals surface area contributed by atoms with Gasteiger partial charge in [-0.15, -0.1) is 6.58 Å². The fourth-order valence-electron chi connectivity index (χ4n) is 2.29. The molecule has 5 heteroatoms. The molecule has 1 fully saturated rings. The predicted octanol–water partition coefficient (Wildman–Crippen LogP) is 0.611. The first kappa shape index (κ1) is 17.0. The normalized spacial score (nSPS) is 19.6. The third-order valence-corrected chi connectivity index (χ3v) is 3.48. The fraction of sp³-hybridized carbons (Fsp3) is 0.800. The zero-order chi connectivity index (χ0) is 14.8. The minimum atomic E-state index is 0.581. The molecule has 1 saturated heterocycles. The molecule has 116 valence electrons. The summed E-state index contributed by atoms with van der Waals surface area (Å²) in [6.07, 6.45) is 1.85. The molecular formula is C15H31N5. The fourth-order valence-corrected chi connectivity index (χ4v) is 2.29. The summed E-state index contributed by atoms with van der Waals surface area (Å²) in [4.78, 5) is 9.58. The largest absolute Gasteiger partial charge is 0.357 e. The molecule has 2 N–H and O–H groups in total. The summed E-state index contributed by atoms with van der Waals surface area (Å²) >= 11 is 0. The van der Waals surface area contributed by atoms with Crippen molar-refractivity contribution in [1.29, 1.82) is 0 Å². The lowest BCUT2D eigenvalue weighted by Gasteiger charge is -2.33. The van der Waals surface area contributed by atoms with E-state index in [9.17, 15) is 0 Å². The standard InChI is InChI=1S/C15H31N5/c1-5-7-17-15(16-6-2)18-12-14(3)13-20-10-8-19(4)9-11-20/h5,14H,1,6-13H2,2-4H3,(H2,16,17,18). The SMILES string of the molecule is C=CCNC(=NCC(C)CN1CCN(C)CC1)NCC. The number of rotatable bonds is 7. The van der Waals surface area contributed by atoms with Crippen LogP contribution in [0.4, 0.5) is 0 Å². The zero-order valence-electron chi connectivity index (χ0n) is 13.4. The van der Waals surface area contributed by atoms with E-state index in [-0.39, 0.29) is 0 Å². The molecule has 1 aliphatic heterocycles. The Labute approximate surface area is 124 Å². The van der Waals surface area contributed by atoms with Gasteiger partial charge in [-0.1, -0.05) is 13.0 Å². The highest BCUT2D eigenvalue weighted by Crippen LogP contribution is 2.04. The van der Waals surface area contributed by atoms with Gasteiger partial charge in [-0.3, -0.25) is 4.99 Å². The summed E-state index contributed by atoms with van der Waals surface area (Å²) in [7, 11) is 2.19. The third kappa shape index (κ3) is 6.91. The average molecular weight is 281 g/mol. The molecule has 1 unspecified atom stereocenters. The smallest absolute Gasteiger partial charge is 0.191 e. The van der Waals surface area contributed by atoms with Crippen molar-refractivity contribution in [3.63, 3.8) is 0 Å². The molecule has 1 heterocycles. The zero-order valence-corrected chi connectivity index (χ0v) is 13.4. The van der Waals surface area contributed by atoms with Crippen molar-refractivity contribution in [3.8, 4) is 0 Å². The number of guanidine groups is 1.